The van der Waals surface area contributed by atoms with Crippen LogP contribution in [0.25, 0.3) is 6.08 Å². The Morgan fingerprint density at radius 1 is 0.673 bits per heavy atom. The SMILES string of the molecule is C[C@@H](NC(c1cccc(C=C2SC(=O)N(C(c3ccccc3)(c3ccccc3)c3ccccc3)C2=O)c1)C1CCCCC1)C1CCCCC1. The highest BCUT2D eigenvalue weighted by atomic mass is 32.2. The summed E-state index contributed by atoms with van der Waals surface area (Å²) < 4.78 is 0. The van der Waals surface area contributed by atoms with E-state index < -0.39 is 5.54 Å². The molecule has 2 amide bonds. The topological polar surface area (TPSA) is 49.4 Å². The summed E-state index contributed by atoms with van der Waals surface area (Å²) in [6, 6.07) is 39.3. The van der Waals surface area contributed by atoms with Crippen LogP contribution >= 0.6 is 11.8 Å². The summed E-state index contributed by atoms with van der Waals surface area (Å²) in [6.07, 6.45) is 15.0. The van der Waals surface area contributed by atoms with Gasteiger partial charge in [0.05, 0.1) is 4.91 Å². The van der Waals surface area contributed by atoms with Crippen LogP contribution in [-0.4, -0.2) is 22.1 Å². The number of nitrogens with one attached hydrogen (secondary N) is 1. The van der Waals surface area contributed by atoms with Gasteiger partial charge in [-0.05, 0) is 90.1 Å². The fourth-order valence-electron chi connectivity index (χ4n) is 8.70. The Morgan fingerprint density at radius 2 is 1.18 bits per heavy atom. The third kappa shape index (κ3) is 6.93. The van der Waals surface area contributed by atoms with E-state index in [2.05, 4.69) is 36.5 Å². The van der Waals surface area contributed by atoms with Gasteiger partial charge in [0.2, 0.25) is 0 Å². The minimum Gasteiger partial charge on any atom is -0.307 e. The molecule has 0 spiro atoms. The van der Waals surface area contributed by atoms with Crippen LogP contribution in [0.5, 0.6) is 0 Å². The van der Waals surface area contributed by atoms with E-state index in [0.717, 1.165) is 39.9 Å². The Morgan fingerprint density at radius 3 is 1.71 bits per heavy atom. The molecule has 49 heavy (non-hydrogen) atoms. The van der Waals surface area contributed by atoms with E-state index in [1.807, 2.05) is 97.1 Å². The maximum absolute atomic E-state index is 14.7. The number of benzene rings is 4. The van der Waals surface area contributed by atoms with Gasteiger partial charge in [-0.15, -0.1) is 0 Å². The second kappa shape index (κ2) is 15.3. The van der Waals surface area contributed by atoms with Gasteiger partial charge in [-0.3, -0.25) is 9.59 Å². The molecule has 2 atom stereocenters. The van der Waals surface area contributed by atoms with Crippen LogP contribution in [0.15, 0.2) is 120 Å². The molecule has 4 nitrogen and oxygen atoms in total. The number of hydrogen-bond acceptors (Lipinski definition) is 4. The van der Waals surface area contributed by atoms with Crippen LogP contribution in [0.2, 0.25) is 0 Å². The average Bonchev–Trinajstić information content (AvgIpc) is 3.44. The Bertz CT molecular complexity index is 1650. The van der Waals surface area contributed by atoms with E-state index in [4.69, 9.17) is 0 Å². The van der Waals surface area contributed by atoms with E-state index >= 15 is 0 Å². The molecular weight excluding hydrogens is 621 g/mol. The van der Waals surface area contributed by atoms with Crippen molar-refractivity contribution in [2.75, 3.05) is 0 Å². The standard InChI is InChI=1S/C44H48N2O2S/c1-32(34-19-7-2-8-20-34)45-41(35-21-9-3-10-22-35)36-23-17-18-33(30-36)31-40-42(47)46(43(48)49-40)44(37-24-11-4-12-25-37,38-26-13-5-14-27-38)39-28-15-6-16-29-39/h4-6,11-18,23-32,34-35,41,45H,2-3,7-10,19-22H2,1H3/t32-,41?/m1/s1. The molecule has 0 bridgehead atoms. The van der Waals surface area contributed by atoms with Crippen LogP contribution in [-0.2, 0) is 10.3 Å². The number of imide groups is 1. The maximum atomic E-state index is 14.7. The maximum Gasteiger partial charge on any atom is 0.294 e. The first-order valence-electron chi connectivity index (χ1n) is 18.4. The number of amides is 2. The van der Waals surface area contributed by atoms with E-state index in [0.29, 0.717) is 16.9 Å². The highest BCUT2D eigenvalue weighted by molar-refractivity contribution is 8.18. The highest BCUT2D eigenvalue weighted by Crippen LogP contribution is 2.49. The number of carbonyl (C=O) groups is 2. The number of thioether (sulfide) groups is 1. The minimum absolute atomic E-state index is 0.271. The van der Waals surface area contributed by atoms with Crippen molar-refractivity contribution in [3.05, 3.63) is 148 Å². The van der Waals surface area contributed by atoms with Gasteiger partial charge in [-0.25, -0.2) is 4.90 Å². The molecule has 3 fully saturated rings. The first-order chi connectivity index (χ1) is 24.1. The fraction of sp³-hybridized carbons (Fsp3) is 0.364. The lowest BCUT2D eigenvalue weighted by Gasteiger charge is -2.41. The second-order valence-electron chi connectivity index (χ2n) is 14.2. The molecule has 252 valence electrons. The Kier molecular flexibility index (Phi) is 10.5. The number of carbonyl (C=O) groups excluding carboxylic acids is 2. The molecule has 2 saturated carbocycles. The zero-order chi connectivity index (χ0) is 33.6. The summed E-state index contributed by atoms with van der Waals surface area (Å²) in [4.78, 5) is 30.8. The quantitative estimate of drug-likeness (QED) is 0.135. The van der Waals surface area contributed by atoms with Gasteiger partial charge >= 0.3 is 0 Å². The van der Waals surface area contributed by atoms with E-state index in [9.17, 15) is 9.59 Å². The second-order valence-corrected chi connectivity index (χ2v) is 15.2. The largest absolute Gasteiger partial charge is 0.307 e. The molecular formula is C44H48N2O2S. The Labute approximate surface area is 296 Å². The predicted octanol–water partition coefficient (Wildman–Crippen LogP) is 10.9. The molecule has 5 heteroatoms. The lowest BCUT2D eigenvalue weighted by molar-refractivity contribution is -0.125. The van der Waals surface area contributed by atoms with Crippen LogP contribution in [0.4, 0.5) is 4.79 Å². The van der Waals surface area contributed by atoms with E-state index in [-0.39, 0.29) is 17.2 Å². The van der Waals surface area contributed by atoms with Crippen molar-refractivity contribution in [1.82, 2.24) is 10.2 Å². The normalized spacial score (nSPS) is 20.1. The van der Waals surface area contributed by atoms with Crippen molar-refractivity contribution in [2.45, 2.75) is 88.8 Å². The van der Waals surface area contributed by atoms with Crippen molar-refractivity contribution in [2.24, 2.45) is 11.8 Å². The summed E-state index contributed by atoms with van der Waals surface area (Å²) in [5.74, 6) is 1.06. The summed E-state index contributed by atoms with van der Waals surface area (Å²) >= 11 is 1.04. The highest BCUT2D eigenvalue weighted by Gasteiger charge is 2.52. The lowest BCUT2D eigenvalue weighted by atomic mass is 9.75. The molecule has 3 aliphatic rings. The number of nitrogens with zero attached hydrogens (tertiary/aromatic N) is 1. The molecule has 2 aliphatic carbocycles. The van der Waals surface area contributed by atoms with E-state index in [1.54, 1.807) is 0 Å². The van der Waals surface area contributed by atoms with Crippen molar-refractivity contribution in [3.8, 4) is 0 Å². The lowest BCUT2D eigenvalue weighted by Crippen LogP contribution is -2.50. The van der Waals surface area contributed by atoms with Gasteiger partial charge < -0.3 is 5.32 Å². The number of hydrogen-bond donors (Lipinski definition) is 1. The molecule has 1 aliphatic heterocycles. The van der Waals surface area contributed by atoms with Crippen LogP contribution in [0.3, 0.4) is 0 Å². The van der Waals surface area contributed by atoms with Gasteiger partial charge in [0.1, 0.15) is 5.54 Å². The molecule has 1 N–H and O–H groups in total. The molecule has 1 unspecified atom stereocenters. The third-order valence-electron chi connectivity index (χ3n) is 11.2. The predicted molar refractivity (Wildman–Crippen MR) is 202 cm³/mol. The van der Waals surface area contributed by atoms with Gasteiger partial charge in [-0.1, -0.05) is 154 Å². The zero-order valence-corrected chi connectivity index (χ0v) is 29.4. The first kappa shape index (κ1) is 33.6. The van der Waals surface area contributed by atoms with Crippen LogP contribution in [0.1, 0.15) is 105 Å². The molecule has 1 heterocycles. The molecule has 4 aromatic rings. The molecule has 0 aromatic heterocycles. The van der Waals surface area contributed by atoms with Gasteiger partial charge in [0.25, 0.3) is 11.1 Å². The minimum atomic E-state index is -1.13. The van der Waals surface area contributed by atoms with E-state index in [1.165, 1.54) is 74.7 Å². The smallest absolute Gasteiger partial charge is 0.294 e. The molecule has 1 saturated heterocycles. The number of rotatable bonds is 10. The monoisotopic (exact) mass is 668 g/mol. The molecule has 4 aromatic carbocycles. The fourth-order valence-corrected chi connectivity index (χ4v) is 9.57. The van der Waals surface area contributed by atoms with Crippen LogP contribution in [0, 0.1) is 11.8 Å². The summed E-state index contributed by atoms with van der Waals surface area (Å²) in [5.41, 5.74) is 3.72. The van der Waals surface area contributed by atoms with Gasteiger partial charge in [0, 0.05) is 12.1 Å². The first-order valence-corrected chi connectivity index (χ1v) is 19.2. The van der Waals surface area contributed by atoms with Crippen LogP contribution < -0.4 is 5.32 Å². The summed E-state index contributed by atoms with van der Waals surface area (Å²) in [5, 5.41) is 3.86. The van der Waals surface area contributed by atoms with Crippen molar-refractivity contribution in [3.63, 3.8) is 0 Å². The van der Waals surface area contributed by atoms with Gasteiger partial charge in [0.15, 0.2) is 0 Å². The average molecular weight is 669 g/mol. The summed E-state index contributed by atoms with van der Waals surface area (Å²) in [7, 11) is 0. The molecule has 7 rings (SSSR count). The zero-order valence-electron chi connectivity index (χ0n) is 28.6. The van der Waals surface area contributed by atoms with Gasteiger partial charge in [-0.2, -0.15) is 0 Å². The van der Waals surface area contributed by atoms with Crippen molar-refractivity contribution in [1.29, 1.82) is 0 Å². The van der Waals surface area contributed by atoms with Crippen molar-refractivity contribution >= 4 is 29.0 Å². The van der Waals surface area contributed by atoms with Crippen molar-refractivity contribution < 1.29 is 9.59 Å². The third-order valence-corrected chi connectivity index (χ3v) is 12.1. The molecule has 0 radical (unpaired) electrons. The Balaban J connectivity index is 1.25. The Hall–Kier alpha value is -3.93. The summed E-state index contributed by atoms with van der Waals surface area (Å²) in [6.45, 7) is 2.39.